The Morgan fingerprint density at radius 1 is 0.909 bits per heavy atom. The van der Waals surface area contributed by atoms with Crippen LogP contribution in [0.25, 0.3) is 10.8 Å². The Bertz CT molecular complexity index is 432. The Kier molecular flexibility index (Phi) is 0.928. The summed E-state index contributed by atoms with van der Waals surface area (Å²) in [5.41, 5.74) is 0. The molecule has 0 fully saturated rings. The molecule has 1 aliphatic heterocycles. The van der Waals surface area contributed by atoms with Crippen molar-refractivity contribution < 1.29 is 0 Å². The second kappa shape index (κ2) is 1.80. The Labute approximate surface area is 69.2 Å². The molecule has 52 valence electrons. The summed E-state index contributed by atoms with van der Waals surface area (Å²) in [6.07, 6.45) is 0. The molecule has 0 nitrogen and oxygen atoms in total. The molecule has 2 aromatic rings. The average molecular weight is 158 g/mol. The number of hydrogen-bond donors (Lipinski definition) is 0. The van der Waals surface area contributed by atoms with E-state index in [9.17, 15) is 0 Å². The van der Waals surface area contributed by atoms with Gasteiger partial charge in [0.1, 0.15) is 0 Å². The SMILES string of the molecule is c1ccc2c3c(ccc2c1)S3. The first kappa shape index (κ1) is 5.67. The minimum absolute atomic E-state index is 1.36. The van der Waals surface area contributed by atoms with Crippen LogP contribution in [-0.2, 0) is 0 Å². The molecule has 3 rings (SSSR count). The Morgan fingerprint density at radius 3 is 2.82 bits per heavy atom. The van der Waals surface area contributed by atoms with Crippen molar-refractivity contribution in [3.8, 4) is 0 Å². The van der Waals surface area contributed by atoms with Crippen LogP contribution in [0.1, 0.15) is 0 Å². The fourth-order valence-electron chi connectivity index (χ4n) is 1.40. The molecule has 1 heteroatoms. The maximum absolute atomic E-state index is 2.20. The van der Waals surface area contributed by atoms with E-state index in [2.05, 4.69) is 36.4 Å². The third kappa shape index (κ3) is 0.717. The van der Waals surface area contributed by atoms with Crippen molar-refractivity contribution in [3.63, 3.8) is 0 Å². The van der Waals surface area contributed by atoms with E-state index < -0.39 is 0 Å². The molecule has 0 atom stereocenters. The van der Waals surface area contributed by atoms with Gasteiger partial charge >= 0.3 is 0 Å². The van der Waals surface area contributed by atoms with Crippen LogP contribution in [0.15, 0.2) is 46.2 Å². The van der Waals surface area contributed by atoms with Crippen LogP contribution in [-0.4, -0.2) is 0 Å². The van der Waals surface area contributed by atoms with Gasteiger partial charge in [-0.05, 0) is 16.8 Å². The largest absolute Gasteiger partial charge is 0.0870 e. The first-order valence-corrected chi connectivity index (χ1v) is 4.46. The zero-order valence-corrected chi connectivity index (χ0v) is 6.69. The molecule has 0 amide bonds. The van der Waals surface area contributed by atoms with E-state index in [0.717, 1.165) is 0 Å². The highest BCUT2D eigenvalue weighted by atomic mass is 32.2. The predicted octanol–water partition coefficient (Wildman–Crippen LogP) is 3.30. The van der Waals surface area contributed by atoms with Gasteiger partial charge in [-0.1, -0.05) is 42.1 Å². The Balaban J connectivity index is 2.56. The molecule has 0 bridgehead atoms. The fraction of sp³-hybridized carbons (Fsp3) is 0. The van der Waals surface area contributed by atoms with Gasteiger partial charge < -0.3 is 0 Å². The van der Waals surface area contributed by atoms with Crippen molar-refractivity contribution in [2.24, 2.45) is 0 Å². The summed E-state index contributed by atoms with van der Waals surface area (Å²) < 4.78 is 0. The molecule has 1 heterocycles. The van der Waals surface area contributed by atoms with Crippen molar-refractivity contribution in [1.29, 1.82) is 0 Å². The highest BCUT2D eigenvalue weighted by Crippen LogP contribution is 2.52. The average Bonchev–Trinajstić information content (AvgIpc) is 2.83. The lowest BCUT2D eigenvalue weighted by atomic mass is 10.1. The van der Waals surface area contributed by atoms with E-state index in [1.807, 2.05) is 11.8 Å². The highest BCUT2D eigenvalue weighted by Gasteiger charge is 2.19. The molecular weight excluding hydrogens is 152 g/mol. The summed E-state index contributed by atoms with van der Waals surface area (Å²) in [5, 5.41) is 2.77. The van der Waals surface area contributed by atoms with Crippen molar-refractivity contribution >= 4 is 22.5 Å². The van der Waals surface area contributed by atoms with Crippen LogP contribution in [0.3, 0.4) is 0 Å². The lowest BCUT2D eigenvalue weighted by Gasteiger charge is -1.91. The van der Waals surface area contributed by atoms with Crippen molar-refractivity contribution in [3.05, 3.63) is 36.4 Å². The number of fused-ring (bicyclic) bond motifs is 3. The second-order valence-electron chi connectivity index (χ2n) is 2.72. The monoisotopic (exact) mass is 158 g/mol. The lowest BCUT2D eigenvalue weighted by molar-refractivity contribution is 1.44. The molecule has 11 heavy (non-hydrogen) atoms. The lowest BCUT2D eigenvalue weighted by Crippen LogP contribution is -1.66. The van der Waals surface area contributed by atoms with Gasteiger partial charge in [0.2, 0.25) is 0 Å². The van der Waals surface area contributed by atoms with Gasteiger partial charge in [-0.25, -0.2) is 0 Å². The van der Waals surface area contributed by atoms with E-state index >= 15 is 0 Å². The summed E-state index contributed by atoms with van der Waals surface area (Å²) >= 11 is 1.89. The van der Waals surface area contributed by atoms with Crippen LogP contribution in [0.2, 0.25) is 0 Å². The summed E-state index contributed by atoms with van der Waals surface area (Å²) in [4.78, 5) is 2.92. The van der Waals surface area contributed by atoms with E-state index in [1.54, 1.807) is 0 Å². The van der Waals surface area contributed by atoms with Gasteiger partial charge in [0, 0.05) is 9.79 Å². The summed E-state index contributed by atoms with van der Waals surface area (Å²) in [7, 11) is 0. The topological polar surface area (TPSA) is 0 Å². The maximum atomic E-state index is 2.20. The van der Waals surface area contributed by atoms with Gasteiger partial charge in [0.05, 0.1) is 0 Å². The molecule has 0 spiro atoms. The van der Waals surface area contributed by atoms with Gasteiger partial charge in [0.25, 0.3) is 0 Å². The normalized spacial score (nSPS) is 13.1. The maximum Gasteiger partial charge on any atom is 0.0340 e. The third-order valence-corrected chi connectivity index (χ3v) is 3.01. The minimum Gasteiger partial charge on any atom is -0.0870 e. The van der Waals surface area contributed by atoms with Crippen LogP contribution in [0.5, 0.6) is 0 Å². The Hall–Kier alpha value is -0.950. The quantitative estimate of drug-likeness (QED) is 0.452. The zero-order chi connectivity index (χ0) is 7.26. The van der Waals surface area contributed by atoms with Crippen LogP contribution in [0, 0.1) is 0 Å². The van der Waals surface area contributed by atoms with Crippen molar-refractivity contribution in [1.82, 2.24) is 0 Å². The highest BCUT2D eigenvalue weighted by molar-refractivity contribution is 8.05. The summed E-state index contributed by atoms with van der Waals surface area (Å²) in [6, 6.07) is 12.9. The molecular formula is C10H6S. The van der Waals surface area contributed by atoms with Gasteiger partial charge in [-0.15, -0.1) is 0 Å². The molecule has 0 unspecified atom stereocenters. The predicted molar refractivity (Wildman–Crippen MR) is 48.1 cm³/mol. The van der Waals surface area contributed by atoms with Crippen molar-refractivity contribution in [2.75, 3.05) is 0 Å². The second-order valence-corrected chi connectivity index (χ2v) is 3.77. The minimum atomic E-state index is 1.36. The molecule has 2 aromatic carbocycles. The molecule has 0 saturated heterocycles. The van der Waals surface area contributed by atoms with E-state index in [1.165, 1.54) is 20.6 Å². The number of benzene rings is 2. The van der Waals surface area contributed by atoms with Gasteiger partial charge in [-0.2, -0.15) is 0 Å². The molecule has 0 aliphatic carbocycles. The molecule has 0 saturated carbocycles. The van der Waals surface area contributed by atoms with Gasteiger partial charge in [0.15, 0.2) is 0 Å². The first-order chi connectivity index (χ1) is 5.45. The molecule has 1 aliphatic rings. The van der Waals surface area contributed by atoms with E-state index in [0.29, 0.717) is 0 Å². The molecule has 0 radical (unpaired) electrons. The van der Waals surface area contributed by atoms with Gasteiger partial charge in [-0.3, -0.25) is 0 Å². The number of hydrogen-bond acceptors (Lipinski definition) is 1. The van der Waals surface area contributed by atoms with Crippen molar-refractivity contribution in [2.45, 2.75) is 9.79 Å². The standard InChI is InChI=1S/C10H6S/c1-2-4-8-7(3-1)5-6-9-10(8)11-9/h1-6H. The first-order valence-electron chi connectivity index (χ1n) is 3.65. The Morgan fingerprint density at radius 2 is 1.82 bits per heavy atom. The van der Waals surface area contributed by atoms with E-state index in [-0.39, 0.29) is 0 Å². The molecule has 0 aromatic heterocycles. The molecule has 0 N–H and O–H groups in total. The third-order valence-electron chi connectivity index (χ3n) is 2.01. The zero-order valence-electron chi connectivity index (χ0n) is 5.87. The van der Waals surface area contributed by atoms with E-state index in [4.69, 9.17) is 0 Å². The van der Waals surface area contributed by atoms with Crippen LogP contribution in [0.4, 0.5) is 0 Å². The van der Waals surface area contributed by atoms with Crippen LogP contribution < -0.4 is 0 Å². The van der Waals surface area contributed by atoms with Crippen LogP contribution >= 0.6 is 11.8 Å². The summed E-state index contributed by atoms with van der Waals surface area (Å²) in [5.74, 6) is 0. The fourth-order valence-corrected chi connectivity index (χ4v) is 2.18. The number of rotatable bonds is 0. The smallest absolute Gasteiger partial charge is 0.0340 e. The summed E-state index contributed by atoms with van der Waals surface area (Å²) in [6.45, 7) is 0.